The third-order valence-electron chi connectivity index (χ3n) is 1.80. The number of rotatable bonds is 4. The van der Waals surface area contributed by atoms with Crippen LogP contribution in [0.3, 0.4) is 0 Å². The van der Waals surface area contributed by atoms with Crippen molar-refractivity contribution in [3.8, 4) is 0 Å². The Hall–Kier alpha value is -1.92. The van der Waals surface area contributed by atoms with E-state index in [-0.39, 0.29) is 5.82 Å². The molecule has 0 aliphatic carbocycles. The Morgan fingerprint density at radius 3 is 2.07 bits per heavy atom. The summed E-state index contributed by atoms with van der Waals surface area (Å²) in [6.45, 7) is 2.36. The first-order valence-electron chi connectivity index (χ1n) is 4.22. The quantitative estimate of drug-likeness (QED) is 0.476. The summed E-state index contributed by atoms with van der Waals surface area (Å²) in [5.74, 6) is -3.26. The second kappa shape index (κ2) is 4.07. The maximum atomic E-state index is 11.6. The molecule has 0 N–H and O–H groups in total. The van der Waals surface area contributed by atoms with E-state index >= 15 is 0 Å². The monoisotopic (exact) mass is 210 g/mol. The van der Waals surface area contributed by atoms with Gasteiger partial charge in [0, 0.05) is 0 Å². The van der Waals surface area contributed by atoms with E-state index in [1.54, 1.807) is 0 Å². The molecule has 1 aromatic heterocycles. The summed E-state index contributed by atoms with van der Waals surface area (Å²) in [5, 5.41) is 10.5. The van der Waals surface area contributed by atoms with Gasteiger partial charge >= 0.3 is 0 Å². The summed E-state index contributed by atoms with van der Waals surface area (Å²) < 4.78 is 0. The average Bonchev–Trinajstić information content (AvgIpc) is 2.50. The molecule has 0 aliphatic rings. The van der Waals surface area contributed by atoms with Crippen LogP contribution in [0.1, 0.15) is 24.5 Å². The number of carbonyl (C=O) groups is 3. The van der Waals surface area contributed by atoms with E-state index < -0.39 is 23.3 Å². The zero-order chi connectivity index (χ0) is 11.6. The van der Waals surface area contributed by atoms with Crippen LogP contribution in [-0.2, 0) is 16.6 Å². The van der Waals surface area contributed by atoms with Crippen LogP contribution in [0.5, 0.6) is 0 Å². The Balaban J connectivity index is 3.01. The minimum Gasteiger partial charge on any atom is -0.299 e. The van der Waals surface area contributed by atoms with Crippen molar-refractivity contribution in [2.24, 2.45) is 13.0 Å². The predicted molar refractivity (Wildman–Crippen MR) is 48.0 cm³/mol. The second-order valence-corrected chi connectivity index (χ2v) is 3.12. The SMILES string of the molecule is CC(=O)C(C(C)=O)C(=O)c1nnn(C)n1. The van der Waals surface area contributed by atoms with Crippen LogP contribution in [0, 0.1) is 5.92 Å². The van der Waals surface area contributed by atoms with Crippen molar-refractivity contribution in [3.63, 3.8) is 0 Å². The number of hydrogen-bond acceptors (Lipinski definition) is 6. The summed E-state index contributed by atoms with van der Waals surface area (Å²) in [6.07, 6.45) is 0. The number of aromatic nitrogens is 4. The van der Waals surface area contributed by atoms with Gasteiger partial charge in [-0.15, -0.1) is 10.2 Å². The van der Waals surface area contributed by atoms with Crippen molar-refractivity contribution in [1.29, 1.82) is 0 Å². The van der Waals surface area contributed by atoms with Gasteiger partial charge in [0.15, 0.2) is 0 Å². The molecule has 1 aromatic rings. The van der Waals surface area contributed by atoms with Crippen LogP contribution in [0.15, 0.2) is 0 Å². The number of hydrogen-bond donors (Lipinski definition) is 0. The number of nitrogens with zero attached hydrogens (tertiary/aromatic N) is 4. The lowest BCUT2D eigenvalue weighted by Gasteiger charge is -2.04. The summed E-state index contributed by atoms with van der Waals surface area (Å²) in [7, 11) is 1.49. The average molecular weight is 210 g/mol. The van der Waals surface area contributed by atoms with Crippen molar-refractivity contribution in [1.82, 2.24) is 20.2 Å². The highest BCUT2D eigenvalue weighted by atomic mass is 16.2. The molecule has 0 bridgehead atoms. The summed E-state index contributed by atoms with van der Waals surface area (Å²) in [4.78, 5) is 34.9. The molecule has 0 atom stereocenters. The zero-order valence-corrected chi connectivity index (χ0v) is 8.59. The molecule has 0 unspecified atom stereocenters. The molecule has 0 saturated heterocycles. The molecule has 7 nitrogen and oxygen atoms in total. The summed E-state index contributed by atoms with van der Waals surface area (Å²) in [6, 6.07) is 0. The third kappa shape index (κ3) is 2.30. The molecule has 1 heterocycles. The van der Waals surface area contributed by atoms with Gasteiger partial charge < -0.3 is 0 Å². The van der Waals surface area contributed by atoms with E-state index in [1.165, 1.54) is 20.9 Å². The van der Waals surface area contributed by atoms with Gasteiger partial charge in [-0.25, -0.2) is 0 Å². The highest BCUT2D eigenvalue weighted by molar-refractivity contribution is 6.22. The first-order valence-corrected chi connectivity index (χ1v) is 4.22. The lowest BCUT2D eigenvalue weighted by atomic mass is 9.95. The van der Waals surface area contributed by atoms with Gasteiger partial charge in [0.25, 0.3) is 0 Å². The number of aryl methyl sites for hydroxylation is 1. The highest BCUT2D eigenvalue weighted by Crippen LogP contribution is 2.07. The van der Waals surface area contributed by atoms with Gasteiger partial charge in [0.1, 0.15) is 17.5 Å². The van der Waals surface area contributed by atoms with Gasteiger partial charge in [0.2, 0.25) is 11.6 Å². The molecular weight excluding hydrogens is 200 g/mol. The number of Topliss-reactive ketones (excluding diaryl/α,β-unsaturated/α-hetero) is 3. The smallest absolute Gasteiger partial charge is 0.241 e. The molecule has 15 heavy (non-hydrogen) atoms. The maximum Gasteiger partial charge on any atom is 0.241 e. The Morgan fingerprint density at radius 1 is 1.20 bits per heavy atom. The molecule has 1 rings (SSSR count). The topological polar surface area (TPSA) is 94.8 Å². The van der Waals surface area contributed by atoms with Crippen LogP contribution in [-0.4, -0.2) is 37.6 Å². The first-order chi connectivity index (χ1) is 6.93. The third-order valence-corrected chi connectivity index (χ3v) is 1.80. The van der Waals surface area contributed by atoms with Crippen molar-refractivity contribution in [2.75, 3.05) is 0 Å². The van der Waals surface area contributed by atoms with Gasteiger partial charge in [-0.2, -0.15) is 4.80 Å². The molecule has 0 aromatic carbocycles. The van der Waals surface area contributed by atoms with Crippen LogP contribution in [0.25, 0.3) is 0 Å². The minimum atomic E-state index is -1.31. The molecule has 0 saturated carbocycles. The van der Waals surface area contributed by atoms with E-state index in [0.717, 1.165) is 4.80 Å². The van der Waals surface area contributed by atoms with Crippen molar-refractivity contribution in [3.05, 3.63) is 5.82 Å². The van der Waals surface area contributed by atoms with E-state index in [2.05, 4.69) is 15.4 Å². The molecular formula is C8H10N4O3. The standard InChI is InChI=1S/C8H10N4O3/c1-4(13)6(5(2)14)7(15)8-9-11-12(3)10-8/h6H,1-3H3. The van der Waals surface area contributed by atoms with Crippen LogP contribution < -0.4 is 0 Å². The largest absolute Gasteiger partial charge is 0.299 e. The Kier molecular flexibility index (Phi) is 3.03. The fourth-order valence-corrected chi connectivity index (χ4v) is 1.17. The number of ketones is 3. The number of tetrazole rings is 1. The van der Waals surface area contributed by atoms with Crippen LogP contribution in [0.4, 0.5) is 0 Å². The minimum absolute atomic E-state index is 0.215. The lowest BCUT2D eigenvalue weighted by Crippen LogP contribution is -2.29. The van der Waals surface area contributed by atoms with Gasteiger partial charge in [-0.3, -0.25) is 14.4 Å². The second-order valence-electron chi connectivity index (χ2n) is 3.12. The van der Waals surface area contributed by atoms with Crippen LogP contribution >= 0.6 is 0 Å². The normalized spacial score (nSPS) is 10.4. The molecule has 80 valence electrons. The summed E-state index contributed by atoms with van der Waals surface area (Å²) >= 11 is 0. The molecule has 0 aliphatic heterocycles. The predicted octanol–water partition coefficient (Wildman–Crippen LogP) is -0.813. The Morgan fingerprint density at radius 2 is 1.73 bits per heavy atom. The summed E-state index contributed by atoms with van der Waals surface area (Å²) in [5.41, 5.74) is 0. The fourth-order valence-electron chi connectivity index (χ4n) is 1.17. The molecule has 7 heteroatoms. The van der Waals surface area contributed by atoms with Crippen LogP contribution in [0.2, 0.25) is 0 Å². The van der Waals surface area contributed by atoms with E-state index in [1.807, 2.05) is 0 Å². The molecule has 0 fully saturated rings. The zero-order valence-electron chi connectivity index (χ0n) is 8.59. The molecule has 0 radical (unpaired) electrons. The van der Waals surface area contributed by atoms with E-state index in [4.69, 9.17) is 0 Å². The van der Waals surface area contributed by atoms with E-state index in [0.29, 0.717) is 0 Å². The van der Waals surface area contributed by atoms with Crippen molar-refractivity contribution in [2.45, 2.75) is 13.8 Å². The molecule has 0 amide bonds. The number of carbonyl (C=O) groups excluding carboxylic acids is 3. The van der Waals surface area contributed by atoms with Gasteiger partial charge in [-0.1, -0.05) is 0 Å². The van der Waals surface area contributed by atoms with Gasteiger partial charge in [0.05, 0.1) is 7.05 Å². The Labute approximate surface area is 85.5 Å². The van der Waals surface area contributed by atoms with E-state index in [9.17, 15) is 14.4 Å². The lowest BCUT2D eigenvalue weighted by molar-refractivity contribution is -0.128. The fraction of sp³-hybridized carbons (Fsp3) is 0.500. The Bertz CT molecular complexity index is 409. The van der Waals surface area contributed by atoms with Gasteiger partial charge in [-0.05, 0) is 19.1 Å². The highest BCUT2D eigenvalue weighted by Gasteiger charge is 2.31. The van der Waals surface area contributed by atoms with Crippen molar-refractivity contribution >= 4 is 17.3 Å². The maximum absolute atomic E-state index is 11.6. The molecule has 0 spiro atoms. The van der Waals surface area contributed by atoms with Crippen molar-refractivity contribution < 1.29 is 14.4 Å². The first kappa shape index (κ1) is 11.2.